The quantitative estimate of drug-likeness (QED) is 0.643. The first-order valence-corrected chi connectivity index (χ1v) is 12.0. The van der Waals surface area contributed by atoms with Crippen molar-refractivity contribution < 1.29 is 17.9 Å². The summed E-state index contributed by atoms with van der Waals surface area (Å²) in [4.78, 5) is 12.7. The van der Waals surface area contributed by atoms with E-state index in [1.807, 2.05) is 25.1 Å². The first-order chi connectivity index (χ1) is 14.4. The topological polar surface area (TPSA) is 75.7 Å². The lowest BCUT2D eigenvalue weighted by Crippen LogP contribution is -2.35. The molecule has 2 aromatic carbocycles. The molecule has 0 atom stereocenters. The molecule has 1 aliphatic rings. The average molecular weight is 451 g/mol. The van der Waals surface area contributed by atoms with Gasteiger partial charge in [-0.15, -0.1) is 0 Å². The van der Waals surface area contributed by atoms with E-state index in [0.29, 0.717) is 42.6 Å². The van der Waals surface area contributed by atoms with Crippen LogP contribution in [0.5, 0.6) is 5.75 Å². The highest BCUT2D eigenvalue weighted by Gasteiger charge is 2.27. The summed E-state index contributed by atoms with van der Waals surface area (Å²) in [6, 6.07) is 12.0. The number of piperidine rings is 1. The maximum Gasteiger partial charge on any atom is 0.243 e. The summed E-state index contributed by atoms with van der Waals surface area (Å²) in [5, 5.41) is 3.43. The van der Waals surface area contributed by atoms with E-state index in [2.05, 4.69) is 5.32 Å². The Morgan fingerprint density at radius 1 is 1.13 bits per heavy atom. The molecule has 30 heavy (non-hydrogen) atoms. The number of aryl methyl sites for hydroxylation is 1. The van der Waals surface area contributed by atoms with E-state index in [0.717, 1.165) is 24.8 Å². The molecule has 0 aliphatic carbocycles. The van der Waals surface area contributed by atoms with Crippen LogP contribution in [0.4, 0.5) is 5.69 Å². The van der Waals surface area contributed by atoms with Crippen molar-refractivity contribution in [2.24, 2.45) is 0 Å². The van der Waals surface area contributed by atoms with Gasteiger partial charge in [0, 0.05) is 24.5 Å². The predicted molar refractivity (Wildman–Crippen MR) is 119 cm³/mol. The second-order valence-corrected chi connectivity index (χ2v) is 9.54. The highest BCUT2D eigenvalue weighted by Crippen LogP contribution is 2.30. The summed E-state index contributed by atoms with van der Waals surface area (Å²) in [5.41, 5.74) is 1.25. The van der Waals surface area contributed by atoms with Gasteiger partial charge in [0.05, 0.1) is 17.2 Å². The normalized spacial score (nSPS) is 15.0. The largest absolute Gasteiger partial charge is 0.492 e. The number of sulfonamides is 1. The number of amides is 1. The Bertz CT molecular complexity index is 988. The molecule has 0 radical (unpaired) electrons. The zero-order valence-corrected chi connectivity index (χ0v) is 18.6. The van der Waals surface area contributed by atoms with Gasteiger partial charge in [-0.3, -0.25) is 4.79 Å². The van der Waals surface area contributed by atoms with Crippen LogP contribution in [-0.4, -0.2) is 38.3 Å². The van der Waals surface area contributed by atoms with Crippen LogP contribution in [-0.2, 0) is 21.2 Å². The van der Waals surface area contributed by atoms with Crippen molar-refractivity contribution in [3.8, 4) is 5.75 Å². The zero-order chi connectivity index (χ0) is 21.6. The van der Waals surface area contributed by atoms with Gasteiger partial charge in [-0.25, -0.2) is 8.42 Å². The number of rotatable bonds is 8. The Morgan fingerprint density at radius 3 is 2.57 bits per heavy atom. The van der Waals surface area contributed by atoms with Gasteiger partial charge in [-0.1, -0.05) is 36.2 Å². The zero-order valence-electron chi connectivity index (χ0n) is 17.1. The van der Waals surface area contributed by atoms with Gasteiger partial charge < -0.3 is 10.1 Å². The molecule has 8 heteroatoms. The van der Waals surface area contributed by atoms with Gasteiger partial charge in [0.1, 0.15) is 5.75 Å². The number of nitrogens with zero attached hydrogens (tertiary/aromatic N) is 1. The summed E-state index contributed by atoms with van der Waals surface area (Å²) < 4.78 is 33.1. The minimum Gasteiger partial charge on any atom is -0.492 e. The summed E-state index contributed by atoms with van der Waals surface area (Å²) in [6.45, 7) is 3.28. The Kier molecular flexibility index (Phi) is 7.75. The van der Waals surface area contributed by atoms with Gasteiger partial charge in [0.15, 0.2) is 0 Å². The fraction of sp³-hybridized carbons (Fsp3) is 0.409. The summed E-state index contributed by atoms with van der Waals surface area (Å²) in [7, 11) is -3.60. The Labute approximate surface area is 183 Å². The van der Waals surface area contributed by atoms with Crippen LogP contribution in [0.3, 0.4) is 0 Å². The number of hydrogen-bond acceptors (Lipinski definition) is 4. The number of carbonyl (C=O) groups excluding carboxylic acids is 1. The standard InChI is InChI=1S/C22H27ClN2O4S/c1-2-29-21-12-11-18(30(27,28)25-14-6-3-7-15-25)16-20(21)24-22(26)13-10-17-8-4-5-9-19(17)23/h4-5,8-9,11-12,16H,2-3,6-7,10,13-15H2,1H3,(H,24,26). The highest BCUT2D eigenvalue weighted by molar-refractivity contribution is 7.89. The Hall–Kier alpha value is -2.09. The molecule has 1 amide bonds. The summed E-state index contributed by atoms with van der Waals surface area (Å²) >= 11 is 6.16. The lowest BCUT2D eigenvalue weighted by Gasteiger charge is -2.26. The van der Waals surface area contributed by atoms with Gasteiger partial charge >= 0.3 is 0 Å². The number of halogens is 1. The number of anilines is 1. The molecule has 162 valence electrons. The number of hydrogen-bond donors (Lipinski definition) is 1. The number of carbonyl (C=O) groups is 1. The Morgan fingerprint density at radius 2 is 1.87 bits per heavy atom. The van der Waals surface area contributed by atoms with E-state index in [1.54, 1.807) is 12.1 Å². The van der Waals surface area contributed by atoms with Crippen LogP contribution >= 0.6 is 11.6 Å². The molecule has 1 aliphatic heterocycles. The molecule has 0 bridgehead atoms. The lowest BCUT2D eigenvalue weighted by molar-refractivity contribution is -0.116. The van der Waals surface area contributed by atoms with Crippen LogP contribution in [0.15, 0.2) is 47.4 Å². The lowest BCUT2D eigenvalue weighted by atomic mass is 10.1. The molecule has 0 aromatic heterocycles. The third-order valence-electron chi connectivity index (χ3n) is 5.06. The van der Waals surface area contributed by atoms with Crippen molar-refractivity contribution in [2.75, 3.05) is 25.0 Å². The molecular weight excluding hydrogens is 424 g/mol. The smallest absolute Gasteiger partial charge is 0.243 e. The summed E-state index contributed by atoms with van der Waals surface area (Å²) in [6.07, 6.45) is 3.48. The third-order valence-corrected chi connectivity index (χ3v) is 7.32. The van der Waals surface area contributed by atoms with Gasteiger partial charge in [0.25, 0.3) is 0 Å². The molecule has 0 saturated carbocycles. The van der Waals surface area contributed by atoms with Crippen LogP contribution < -0.4 is 10.1 Å². The Balaban J connectivity index is 1.77. The van der Waals surface area contributed by atoms with Crippen LogP contribution in [0, 0.1) is 0 Å². The van der Waals surface area contributed by atoms with E-state index in [4.69, 9.17) is 16.3 Å². The monoisotopic (exact) mass is 450 g/mol. The molecule has 6 nitrogen and oxygen atoms in total. The molecule has 1 fully saturated rings. The van der Waals surface area contributed by atoms with Crippen molar-refractivity contribution in [3.05, 3.63) is 53.1 Å². The third kappa shape index (κ3) is 5.53. The van der Waals surface area contributed by atoms with Gasteiger partial charge in [-0.2, -0.15) is 4.31 Å². The van der Waals surface area contributed by atoms with Crippen molar-refractivity contribution >= 4 is 33.2 Å². The maximum atomic E-state index is 13.0. The molecule has 0 spiro atoms. The average Bonchev–Trinajstić information content (AvgIpc) is 2.75. The van der Waals surface area contributed by atoms with Crippen molar-refractivity contribution in [1.82, 2.24) is 4.31 Å². The van der Waals surface area contributed by atoms with Gasteiger partial charge in [0.2, 0.25) is 15.9 Å². The van der Waals surface area contributed by atoms with E-state index >= 15 is 0 Å². The molecule has 1 saturated heterocycles. The first-order valence-electron chi connectivity index (χ1n) is 10.2. The van der Waals surface area contributed by atoms with Crippen molar-refractivity contribution in [2.45, 2.75) is 43.9 Å². The van der Waals surface area contributed by atoms with Crippen LogP contribution in [0.2, 0.25) is 5.02 Å². The molecule has 2 aromatic rings. The molecule has 1 heterocycles. The molecular formula is C22H27ClN2O4S. The van der Waals surface area contributed by atoms with Crippen LogP contribution in [0.1, 0.15) is 38.2 Å². The van der Waals surface area contributed by atoms with Gasteiger partial charge in [-0.05, 0) is 56.0 Å². The highest BCUT2D eigenvalue weighted by atomic mass is 35.5. The minimum absolute atomic E-state index is 0.161. The second kappa shape index (κ2) is 10.3. The SMILES string of the molecule is CCOc1ccc(S(=O)(=O)N2CCCCC2)cc1NC(=O)CCc1ccccc1Cl. The maximum absolute atomic E-state index is 13.0. The molecule has 1 N–H and O–H groups in total. The second-order valence-electron chi connectivity index (χ2n) is 7.20. The fourth-order valence-corrected chi connectivity index (χ4v) is 5.24. The minimum atomic E-state index is -3.60. The summed E-state index contributed by atoms with van der Waals surface area (Å²) in [5.74, 6) is 0.213. The van der Waals surface area contributed by atoms with E-state index in [-0.39, 0.29) is 17.2 Å². The number of nitrogens with one attached hydrogen (secondary N) is 1. The van der Waals surface area contributed by atoms with E-state index < -0.39 is 10.0 Å². The number of ether oxygens (including phenoxy) is 1. The predicted octanol–water partition coefficient (Wildman–Crippen LogP) is 4.48. The van der Waals surface area contributed by atoms with E-state index in [9.17, 15) is 13.2 Å². The first kappa shape index (κ1) is 22.6. The fourth-order valence-electron chi connectivity index (χ4n) is 3.46. The van der Waals surface area contributed by atoms with Crippen molar-refractivity contribution in [1.29, 1.82) is 0 Å². The van der Waals surface area contributed by atoms with E-state index in [1.165, 1.54) is 16.4 Å². The van der Waals surface area contributed by atoms with Crippen LogP contribution in [0.25, 0.3) is 0 Å². The molecule has 3 rings (SSSR count). The number of benzene rings is 2. The van der Waals surface area contributed by atoms with Crippen molar-refractivity contribution in [3.63, 3.8) is 0 Å². The molecule has 0 unspecified atom stereocenters.